The molecular formula is C14H7F5N2. The SMILES string of the molecule is N#CCc1ncc(C(F)(F)F)cc1-c1cccc(F)c1F. The number of halogens is 5. The van der Waals surface area contributed by atoms with Crippen LogP contribution in [0.1, 0.15) is 11.3 Å². The Morgan fingerprint density at radius 3 is 2.48 bits per heavy atom. The van der Waals surface area contributed by atoms with Crippen LogP contribution in [0.15, 0.2) is 30.5 Å². The lowest BCUT2D eigenvalue weighted by atomic mass is 10.00. The largest absolute Gasteiger partial charge is 0.417 e. The molecule has 0 unspecified atom stereocenters. The molecule has 0 saturated heterocycles. The summed E-state index contributed by atoms with van der Waals surface area (Å²) in [5.74, 6) is -2.47. The second-order valence-corrected chi connectivity index (χ2v) is 4.15. The molecule has 7 heteroatoms. The predicted molar refractivity (Wildman–Crippen MR) is 63.9 cm³/mol. The van der Waals surface area contributed by atoms with Gasteiger partial charge in [-0.25, -0.2) is 8.78 Å². The van der Waals surface area contributed by atoms with Crippen molar-refractivity contribution in [2.75, 3.05) is 0 Å². The third-order valence-corrected chi connectivity index (χ3v) is 2.79. The Bertz CT molecular complexity index is 716. The first kappa shape index (κ1) is 14.9. The average Bonchev–Trinajstić information content (AvgIpc) is 2.42. The van der Waals surface area contributed by atoms with Crippen molar-refractivity contribution in [3.05, 3.63) is 53.4 Å². The van der Waals surface area contributed by atoms with Crippen LogP contribution < -0.4 is 0 Å². The van der Waals surface area contributed by atoms with Crippen molar-refractivity contribution in [3.63, 3.8) is 0 Å². The first-order valence-electron chi connectivity index (χ1n) is 5.72. The van der Waals surface area contributed by atoms with E-state index in [1.54, 1.807) is 6.07 Å². The number of hydrogen-bond acceptors (Lipinski definition) is 2. The summed E-state index contributed by atoms with van der Waals surface area (Å²) < 4.78 is 65.1. The molecule has 0 N–H and O–H groups in total. The monoisotopic (exact) mass is 298 g/mol. The Labute approximate surface area is 116 Å². The zero-order chi connectivity index (χ0) is 15.6. The maximum atomic E-state index is 13.8. The van der Waals surface area contributed by atoms with Gasteiger partial charge in [-0.15, -0.1) is 0 Å². The molecule has 0 aliphatic rings. The Hall–Kier alpha value is -2.49. The summed E-state index contributed by atoms with van der Waals surface area (Å²) in [6, 6.07) is 5.55. The first-order chi connectivity index (χ1) is 9.84. The Kier molecular flexibility index (Phi) is 3.89. The topological polar surface area (TPSA) is 36.7 Å². The Morgan fingerprint density at radius 1 is 1.14 bits per heavy atom. The van der Waals surface area contributed by atoms with E-state index < -0.39 is 23.4 Å². The lowest BCUT2D eigenvalue weighted by Crippen LogP contribution is -2.08. The molecule has 1 heterocycles. The van der Waals surface area contributed by atoms with Crippen LogP contribution in [0.4, 0.5) is 22.0 Å². The minimum atomic E-state index is -4.67. The molecule has 0 radical (unpaired) electrons. The summed E-state index contributed by atoms with van der Waals surface area (Å²) in [5, 5.41) is 8.66. The number of rotatable bonds is 2. The molecular weight excluding hydrogens is 291 g/mol. The van der Waals surface area contributed by atoms with E-state index in [2.05, 4.69) is 4.98 Å². The van der Waals surface area contributed by atoms with Gasteiger partial charge >= 0.3 is 6.18 Å². The highest BCUT2D eigenvalue weighted by atomic mass is 19.4. The van der Waals surface area contributed by atoms with Crippen molar-refractivity contribution in [2.24, 2.45) is 0 Å². The highest BCUT2D eigenvalue weighted by Gasteiger charge is 2.32. The van der Waals surface area contributed by atoms with Crippen LogP contribution in [0, 0.1) is 23.0 Å². The van der Waals surface area contributed by atoms with Gasteiger partial charge in [-0.2, -0.15) is 18.4 Å². The molecule has 0 spiro atoms. The van der Waals surface area contributed by atoms with Crippen LogP contribution in [0.25, 0.3) is 11.1 Å². The number of hydrogen-bond donors (Lipinski definition) is 0. The lowest BCUT2D eigenvalue weighted by Gasteiger charge is -2.12. The van der Waals surface area contributed by atoms with Crippen LogP contribution in [0.2, 0.25) is 0 Å². The fourth-order valence-electron chi connectivity index (χ4n) is 1.81. The molecule has 0 saturated carbocycles. The summed E-state index contributed by atoms with van der Waals surface area (Å²) in [7, 11) is 0. The number of aromatic nitrogens is 1. The van der Waals surface area contributed by atoms with Crippen LogP contribution in [-0.2, 0) is 12.6 Å². The van der Waals surface area contributed by atoms with Crippen molar-refractivity contribution in [1.29, 1.82) is 5.26 Å². The van der Waals surface area contributed by atoms with Crippen molar-refractivity contribution in [3.8, 4) is 17.2 Å². The average molecular weight is 298 g/mol. The molecule has 0 aliphatic heterocycles. The Balaban J connectivity index is 2.70. The van der Waals surface area contributed by atoms with Gasteiger partial charge in [-0.1, -0.05) is 12.1 Å². The normalized spacial score (nSPS) is 11.2. The van der Waals surface area contributed by atoms with Gasteiger partial charge in [0.25, 0.3) is 0 Å². The summed E-state index contributed by atoms with van der Waals surface area (Å²) in [4.78, 5) is 3.55. The molecule has 0 amide bonds. The molecule has 21 heavy (non-hydrogen) atoms. The highest BCUT2D eigenvalue weighted by Crippen LogP contribution is 2.34. The number of nitrogens with zero attached hydrogens (tertiary/aromatic N) is 2. The van der Waals surface area contributed by atoms with E-state index in [1.165, 1.54) is 6.07 Å². The van der Waals surface area contributed by atoms with Gasteiger partial charge in [0.2, 0.25) is 0 Å². The van der Waals surface area contributed by atoms with E-state index in [4.69, 9.17) is 5.26 Å². The van der Waals surface area contributed by atoms with Gasteiger partial charge in [-0.05, 0) is 12.1 Å². The molecule has 0 atom stereocenters. The number of benzene rings is 1. The lowest BCUT2D eigenvalue weighted by molar-refractivity contribution is -0.137. The Morgan fingerprint density at radius 2 is 1.86 bits per heavy atom. The van der Waals surface area contributed by atoms with E-state index in [0.717, 1.165) is 12.1 Å². The van der Waals surface area contributed by atoms with Gasteiger partial charge in [0.1, 0.15) is 0 Å². The molecule has 1 aromatic carbocycles. The third kappa shape index (κ3) is 2.99. The predicted octanol–water partition coefficient (Wildman–Crippen LogP) is 4.11. The van der Waals surface area contributed by atoms with E-state index in [-0.39, 0.29) is 23.2 Å². The fraction of sp³-hybridized carbons (Fsp3) is 0.143. The number of nitriles is 1. The van der Waals surface area contributed by atoms with E-state index in [9.17, 15) is 22.0 Å². The van der Waals surface area contributed by atoms with Crippen molar-refractivity contribution in [1.82, 2.24) is 4.98 Å². The third-order valence-electron chi connectivity index (χ3n) is 2.79. The second-order valence-electron chi connectivity index (χ2n) is 4.15. The summed E-state index contributed by atoms with van der Waals surface area (Å²) in [5.41, 5.74) is -1.75. The van der Waals surface area contributed by atoms with E-state index in [0.29, 0.717) is 12.3 Å². The molecule has 0 aliphatic carbocycles. The highest BCUT2D eigenvalue weighted by molar-refractivity contribution is 5.68. The molecule has 2 rings (SSSR count). The van der Waals surface area contributed by atoms with Gasteiger partial charge < -0.3 is 0 Å². The maximum absolute atomic E-state index is 13.8. The summed E-state index contributed by atoms with van der Waals surface area (Å²) in [6.45, 7) is 0. The van der Waals surface area contributed by atoms with Crippen molar-refractivity contribution < 1.29 is 22.0 Å². The minimum absolute atomic E-state index is 0.0463. The molecule has 1 aromatic heterocycles. The quantitative estimate of drug-likeness (QED) is 0.782. The number of pyridine rings is 1. The maximum Gasteiger partial charge on any atom is 0.417 e. The van der Waals surface area contributed by atoms with Crippen molar-refractivity contribution in [2.45, 2.75) is 12.6 Å². The molecule has 0 fully saturated rings. The molecule has 108 valence electrons. The van der Waals surface area contributed by atoms with Crippen LogP contribution in [0.5, 0.6) is 0 Å². The summed E-state index contributed by atoms with van der Waals surface area (Å²) >= 11 is 0. The van der Waals surface area contributed by atoms with Crippen LogP contribution in [-0.4, -0.2) is 4.98 Å². The zero-order valence-electron chi connectivity index (χ0n) is 10.4. The van der Waals surface area contributed by atoms with Crippen LogP contribution in [0.3, 0.4) is 0 Å². The standard InChI is InChI=1S/C14H7F5N2/c15-11-3-1-2-9(13(11)16)10-6-8(14(17,18)19)7-21-12(10)4-5-20/h1-3,6-7H,4H2. The van der Waals surface area contributed by atoms with Crippen molar-refractivity contribution >= 4 is 0 Å². The van der Waals surface area contributed by atoms with Gasteiger partial charge in [-0.3, -0.25) is 4.98 Å². The van der Waals surface area contributed by atoms with Gasteiger partial charge in [0.05, 0.1) is 23.7 Å². The van der Waals surface area contributed by atoms with Gasteiger partial charge in [0.15, 0.2) is 11.6 Å². The van der Waals surface area contributed by atoms with Gasteiger partial charge in [0, 0.05) is 17.3 Å². The zero-order valence-corrected chi connectivity index (χ0v) is 10.4. The molecule has 2 aromatic rings. The molecule has 0 bridgehead atoms. The van der Waals surface area contributed by atoms with E-state index >= 15 is 0 Å². The first-order valence-corrected chi connectivity index (χ1v) is 5.72. The van der Waals surface area contributed by atoms with Crippen LogP contribution >= 0.6 is 0 Å². The fourth-order valence-corrected chi connectivity index (χ4v) is 1.81. The van der Waals surface area contributed by atoms with E-state index in [1.807, 2.05) is 0 Å². The minimum Gasteiger partial charge on any atom is -0.259 e. The number of alkyl halides is 3. The smallest absolute Gasteiger partial charge is 0.259 e. The summed E-state index contributed by atoms with van der Waals surface area (Å²) in [6.07, 6.45) is -4.42. The second kappa shape index (κ2) is 5.48. The molecule has 2 nitrogen and oxygen atoms in total.